The van der Waals surface area contributed by atoms with Crippen LogP contribution in [0.5, 0.6) is 0 Å². The van der Waals surface area contributed by atoms with Crippen LogP contribution in [0.2, 0.25) is 0 Å². The Labute approximate surface area is 141 Å². The SMILES string of the molecule is C=CCSCC(=O)N(CCCC)C1CC(C)(C)NC(C)(C)C1. The third-order valence-electron chi connectivity index (χ3n) is 4.14. The van der Waals surface area contributed by atoms with Crippen LogP contribution in [-0.2, 0) is 4.79 Å². The van der Waals surface area contributed by atoms with Crippen molar-refractivity contribution in [2.24, 2.45) is 0 Å². The zero-order valence-electron chi connectivity index (χ0n) is 15.1. The van der Waals surface area contributed by atoms with Crippen molar-refractivity contribution in [3.63, 3.8) is 0 Å². The molecule has 0 radical (unpaired) electrons. The first kappa shape index (κ1) is 19.6. The van der Waals surface area contributed by atoms with E-state index in [1.165, 1.54) is 0 Å². The molecule has 1 fully saturated rings. The fourth-order valence-corrected chi connectivity index (χ4v) is 4.27. The Bertz CT molecular complexity index is 363. The van der Waals surface area contributed by atoms with Gasteiger partial charge in [0.2, 0.25) is 5.91 Å². The second kappa shape index (κ2) is 8.39. The number of rotatable bonds is 8. The topological polar surface area (TPSA) is 32.3 Å². The highest BCUT2D eigenvalue weighted by molar-refractivity contribution is 8.00. The third-order valence-corrected chi connectivity index (χ3v) is 5.07. The van der Waals surface area contributed by atoms with Crippen molar-refractivity contribution in [2.45, 2.75) is 77.4 Å². The molecule has 0 bridgehead atoms. The summed E-state index contributed by atoms with van der Waals surface area (Å²) in [6, 6.07) is 0.342. The third kappa shape index (κ3) is 6.33. The number of piperidine rings is 1. The van der Waals surface area contributed by atoms with Gasteiger partial charge in [-0.05, 0) is 47.0 Å². The van der Waals surface area contributed by atoms with Gasteiger partial charge in [-0.15, -0.1) is 18.3 Å². The molecule has 1 amide bonds. The van der Waals surface area contributed by atoms with E-state index in [9.17, 15) is 4.79 Å². The van der Waals surface area contributed by atoms with Crippen LogP contribution >= 0.6 is 11.8 Å². The maximum Gasteiger partial charge on any atom is 0.232 e. The van der Waals surface area contributed by atoms with Crippen molar-refractivity contribution in [3.05, 3.63) is 12.7 Å². The average Bonchev–Trinajstić information content (AvgIpc) is 2.35. The molecule has 1 rings (SSSR count). The van der Waals surface area contributed by atoms with Gasteiger partial charge in [0.25, 0.3) is 0 Å². The molecule has 1 heterocycles. The van der Waals surface area contributed by atoms with Crippen LogP contribution in [0.15, 0.2) is 12.7 Å². The standard InChI is InChI=1S/C18H34N2OS/c1-7-9-10-20(16(21)14-22-11-8-2)15-12-17(3,4)19-18(5,6)13-15/h8,15,19H,2,7,9-14H2,1,3-6H3. The Morgan fingerprint density at radius 1 is 1.32 bits per heavy atom. The molecule has 0 spiro atoms. The highest BCUT2D eigenvalue weighted by Gasteiger charge is 2.40. The molecule has 0 atom stereocenters. The van der Waals surface area contributed by atoms with Crippen LogP contribution in [0.3, 0.4) is 0 Å². The van der Waals surface area contributed by atoms with E-state index in [2.05, 4.69) is 51.4 Å². The molecule has 0 aromatic heterocycles. The van der Waals surface area contributed by atoms with Crippen LogP contribution in [0.25, 0.3) is 0 Å². The lowest BCUT2D eigenvalue weighted by atomic mass is 9.79. The minimum absolute atomic E-state index is 0.0748. The van der Waals surface area contributed by atoms with E-state index in [1.54, 1.807) is 11.8 Å². The summed E-state index contributed by atoms with van der Waals surface area (Å²) >= 11 is 1.66. The van der Waals surface area contributed by atoms with Gasteiger partial charge in [0.1, 0.15) is 0 Å². The molecule has 0 aliphatic carbocycles. The number of hydrogen-bond donors (Lipinski definition) is 1. The molecule has 0 aromatic carbocycles. The molecule has 1 aliphatic heterocycles. The van der Waals surface area contributed by atoms with Crippen LogP contribution in [0, 0.1) is 0 Å². The average molecular weight is 327 g/mol. The lowest BCUT2D eigenvalue weighted by Gasteiger charge is -2.49. The summed E-state index contributed by atoms with van der Waals surface area (Å²) < 4.78 is 0. The summed E-state index contributed by atoms with van der Waals surface area (Å²) in [5, 5.41) is 3.71. The summed E-state index contributed by atoms with van der Waals surface area (Å²) in [5.74, 6) is 1.70. The number of nitrogens with one attached hydrogen (secondary N) is 1. The van der Waals surface area contributed by atoms with Crippen LogP contribution < -0.4 is 5.32 Å². The molecule has 0 unspecified atom stereocenters. The Morgan fingerprint density at radius 2 is 1.91 bits per heavy atom. The monoisotopic (exact) mass is 326 g/mol. The van der Waals surface area contributed by atoms with Crippen LogP contribution in [-0.4, -0.2) is 46.0 Å². The highest BCUT2D eigenvalue weighted by atomic mass is 32.2. The molecule has 128 valence electrons. The van der Waals surface area contributed by atoms with Gasteiger partial charge in [0, 0.05) is 29.4 Å². The zero-order valence-corrected chi connectivity index (χ0v) is 15.9. The Hall–Kier alpha value is -0.480. The second-order valence-corrected chi connectivity index (χ2v) is 8.73. The van der Waals surface area contributed by atoms with Crippen molar-refractivity contribution >= 4 is 17.7 Å². The van der Waals surface area contributed by atoms with E-state index in [-0.39, 0.29) is 11.1 Å². The Morgan fingerprint density at radius 3 is 2.41 bits per heavy atom. The number of unbranched alkanes of at least 4 members (excludes halogenated alkanes) is 1. The first-order valence-electron chi connectivity index (χ1n) is 8.48. The molecule has 4 heteroatoms. The first-order valence-corrected chi connectivity index (χ1v) is 9.63. The van der Waals surface area contributed by atoms with E-state index < -0.39 is 0 Å². The van der Waals surface area contributed by atoms with Crippen molar-refractivity contribution in [1.29, 1.82) is 0 Å². The van der Waals surface area contributed by atoms with E-state index in [0.717, 1.165) is 38.0 Å². The van der Waals surface area contributed by atoms with E-state index in [4.69, 9.17) is 0 Å². The van der Waals surface area contributed by atoms with Gasteiger partial charge in [-0.25, -0.2) is 0 Å². The van der Waals surface area contributed by atoms with Crippen molar-refractivity contribution in [3.8, 4) is 0 Å². The lowest BCUT2D eigenvalue weighted by Crippen LogP contribution is -2.63. The van der Waals surface area contributed by atoms with Crippen molar-refractivity contribution < 1.29 is 4.79 Å². The molecule has 0 aromatic rings. The second-order valence-electron chi connectivity index (χ2n) is 7.70. The molecular weight excluding hydrogens is 292 g/mol. The first-order chi connectivity index (χ1) is 10.2. The van der Waals surface area contributed by atoms with Crippen LogP contribution in [0.1, 0.15) is 60.3 Å². The van der Waals surface area contributed by atoms with Gasteiger partial charge in [0.05, 0.1) is 5.75 Å². The normalized spacial score (nSPS) is 20.6. The van der Waals surface area contributed by atoms with Gasteiger partial charge in [-0.2, -0.15) is 0 Å². The summed E-state index contributed by atoms with van der Waals surface area (Å²) in [6.07, 6.45) is 6.13. The van der Waals surface area contributed by atoms with Gasteiger partial charge >= 0.3 is 0 Å². The molecule has 1 aliphatic rings. The van der Waals surface area contributed by atoms with Crippen LogP contribution in [0.4, 0.5) is 0 Å². The molecule has 1 N–H and O–H groups in total. The summed E-state index contributed by atoms with van der Waals surface area (Å²) in [5.41, 5.74) is 0.150. The number of carbonyl (C=O) groups is 1. The maximum absolute atomic E-state index is 12.7. The fraction of sp³-hybridized carbons (Fsp3) is 0.833. The molecular formula is C18H34N2OS. The number of hydrogen-bond acceptors (Lipinski definition) is 3. The number of amides is 1. The minimum atomic E-state index is 0.0748. The lowest BCUT2D eigenvalue weighted by molar-refractivity contribution is -0.132. The Balaban J connectivity index is 2.80. The van der Waals surface area contributed by atoms with Gasteiger partial charge in [-0.1, -0.05) is 19.4 Å². The predicted octanol–water partition coefficient (Wildman–Crippen LogP) is 3.84. The number of carbonyl (C=O) groups excluding carboxylic acids is 1. The molecule has 22 heavy (non-hydrogen) atoms. The van der Waals surface area contributed by atoms with Crippen molar-refractivity contribution in [1.82, 2.24) is 10.2 Å². The van der Waals surface area contributed by atoms with E-state index >= 15 is 0 Å². The van der Waals surface area contributed by atoms with E-state index in [0.29, 0.717) is 17.7 Å². The van der Waals surface area contributed by atoms with Gasteiger partial charge < -0.3 is 10.2 Å². The Kier molecular flexibility index (Phi) is 7.47. The zero-order chi connectivity index (χ0) is 16.8. The number of nitrogens with zero attached hydrogens (tertiary/aromatic N) is 1. The molecule has 3 nitrogen and oxygen atoms in total. The largest absolute Gasteiger partial charge is 0.339 e. The minimum Gasteiger partial charge on any atom is -0.339 e. The maximum atomic E-state index is 12.7. The predicted molar refractivity (Wildman–Crippen MR) is 98.5 cm³/mol. The fourth-order valence-electron chi connectivity index (χ4n) is 3.64. The summed E-state index contributed by atoms with van der Waals surface area (Å²) in [4.78, 5) is 14.9. The van der Waals surface area contributed by atoms with E-state index in [1.807, 2.05) is 6.08 Å². The number of thioether (sulfide) groups is 1. The summed E-state index contributed by atoms with van der Waals surface area (Å²) in [7, 11) is 0. The smallest absolute Gasteiger partial charge is 0.232 e. The van der Waals surface area contributed by atoms with Crippen molar-refractivity contribution in [2.75, 3.05) is 18.1 Å². The molecule has 1 saturated heterocycles. The van der Waals surface area contributed by atoms with Gasteiger partial charge in [0.15, 0.2) is 0 Å². The summed E-state index contributed by atoms with van der Waals surface area (Å²) in [6.45, 7) is 15.8. The molecule has 0 saturated carbocycles. The van der Waals surface area contributed by atoms with Gasteiger partial charge in [-0.3, -0.25) is 4.79 Å². The quantitative estimate of drug-likeness (QED) is 0.543. The highest BCUT2D eigenvalue weighted by Crippen LogP contribution is 2.32.